The summed E-state index contributed by atoms with van der Waals surface area (Å²) in [6.45, 7) is 0.508. The summed E-state index contributed by atoms with van der Waals surface area (Å²) in [7, 11) is 3.21. The van der Waals surface area contributed by atoms with E-state index in [-0.39, 0.29) is 5.41 Å². The average molecular weight is 251 g/mol. The van der Waals surface area contributed by atoms with Gasteiger partial charge < -0.3 is 20.3 Å². The number of nitrogens with two attached hydrogens (primary N) is 1. The molecule has 0 aromatic heterocycles. The zero-order chi connectivity index (χ0) is 13.2. The normalized spacial score (nSPS) is 18.9. The van der Waals surface area contributed by atoms with Crippen LogP contribution in [0.3, 0.4) is 0 Å². The first-order chi connectivity index (χ1) is 8.65. The van der Waals surface area contributed by atoms with Crippen molar-refractivity contribution in [3.63, 3.8) is 0 Å². The molecule has 1 aromatic rings. The number of ether oxygens (including phenoxy) is 2. The highest BCUT2D eigenvalue weighted by Gasteiger charge is 2.43. The number of hydrogen-bond acceptors (Lipinski definition) is 4. The monoisotopic (exact) mass is 251 g/mol. The second-order valence-corrected chi connectivity index (χ2v) is 4.97. The van der Waals surface area contributed by atoms with Gasteiger partial charge in [0.2, 0.25) is 0 Å². The van der Waals surface area contributed by atoms with Gasteiger partial charge in [0.05, 0.1) is 20.3 Å². The number of aliphatic hydroxyl groups excluding tert-OH is 1. The van der Waals surface area contributed by atoms with Crippen LogP contribution in [0.4, 0.5) is 0 Å². The summed E-state index contributed by atoms with van der Waals surface area (Å²) in [4.78, 5) is 0. The Bertz CT molecular complexity index is 388. The molecule has 4 heteroatoms. The third-order valence-corrected chi connectivity index (χ3v) is 4.03. The van der Waals surface area contributed by atoms with Crippen LogP contribution in [-0.4, -0.2) is 25.9 Å². The third kappa shape index (κ3) is 2.18. The maximum Gasteiger partial charge on any atom is 0.122 e. The first-order valence-electron chi connectivity index (χ1n) is 6.26. The topological polar surface area (TPSA) is 64.7 Å². The molecule has 2 rings (SSSR count). The van der Waals surface area contributed by atoms with Gasteiger partial charge in [0.1, 0.15) is 11.5 Å². The van der Waals surface area contributed by atoms with E-state index < -0.39 is 6.10 Å². The molecule has 0 saturated heterocycles. The van der Waals surface area contributed by atoms with Crippen LogP contribution in [0.15, 0.2) is 18.2 Å². The standard InChI is InChI=1S/C14H21NO3/c1-17-11-6-10(7-12(8-11)18-2)13(16)14(9-15)4-3-5-14/h6-8,13,16H,3-5,9,15H2,1-2H3. The number of aliphatic hydroxyl groups is 1. The van der Waals surface area contributed by atoms with Gasteiger partial charge in [-0.25, -0.2) is 0 Å². The quantitative estimate of drug-likeness (QED) is 0.838. The Labute approximate surface area is 108 Å². The number of benzene rings is 1. The minimum absolute atomic E-state index is 0.169. The Morgan fingerprint density at radius 3 is 2.11 bits per heavy atom. The minimum atomic E-state index is -0.555. The molecule has 0 heterocycles. The van der Waals surface area contributed by atoms with E-state index in [2.05, 4.69) is 0 Å². The fraction of sp³-hybridized carbons (Fsp3) is 0.571. The van der Waals surface area contributed by atoms with Crippen LogP contribution in [0, 0.1) is 5.41 Å². The largest absolute Gasteiger partial charge is 0.497 e. The van der Waals surface area contributed by atoms with Crippen LogP contribution in [0.5, 0.6) is 11.5 Å². The summed E-state index contributed by atoms with van der Waals surface area (Å²) < 4.78 is 10.4. The molecule has 1 fully saturated rings. The van der Waals surface area contributed by atoms with Crippen molar-refractivity contribution in [2.45, 2.75) is 25.4 Å². The highest BCUT2D eigenvalue weighted by atomic mass is 16.5. The van der Waals surface area contributed by atoms with Gasteiger partial charge in [-0.15, -0.1) is 0 Å². The molecule has 1 aliphatic carbocycles. The van der Waals surface area contributed by atoms with Crippen molar-refractivity contribution < 1.29 is 14.6 Å². The highest BCUT2D eigenvalue weighted by molar-refractivity contribution is 5.40. The summed E-state index contributed by atoms with van der Waals surface area (Å²) in [5, 5.41) is 10.5. The second-order valence-electron chi connectivity index (χ2n) is 4.97. The first kappa shape index (κ1) is 13.2. The van der Waals surface area contributed by atoms with Gasteiger partial charge in [0, 0.05) is 18.0 Å². The van der Waals surface area contributed by atoms with E-state index in [1.807, 2.05) is 12.1 Å². The SMILES string of the molecule is COc1cc(OC)cc(C(O)C2(CN)CCC2)c1. The van der Waals surface area contributed by atoms with Crippen molar-refractivity contribution in [3.05, 3.63) is 23.8 Å². The summed E-state index contributed by atoms with van der Waals surface area (Å²) in [6.07, 6.45) is 2.53. The lowest BCUT2D eigenvalue weighted by molar-refractivity contribution is -0.0298. The fourth-order valence-corrected chi connectivity index (χ4v) is 2.56. The molecule has 0 radical (unpaired) electrons. The summed E-state index contributed by atoms with van der Waals surface area (Å²) >= 11 is 0. The molecule has 1 atom stereocenters. The van der Waals surface area contributed by atoms with E-state index in [0.29, 0.717) is 18.0 Å². The maximum atomic E-state index is 10.5. The van der Waals surface area contributed by atoms with Gasteiger partial charge in [0.15, 0.2) is 0 Å². The lowest BCUT2D eigenvalue weighted by Crippen LogP contribution is -2.42. The van der Waals surface area contributed by atoms with E-state index in [0.717, 1.165) is 24.8 Å². The van der Waals surface area contributed by atoms with Crippen molar-refractivity contribution in [2.75, 3.05) is 20.8 Å². The zero-order valence-electron chi connectivity index (χ0n) is 11.0. The molecule has 0 spiro atoms. The Morgan fingerprint density at radius 2 is 1.78 bits per heavy atom. The number of methoxy groups -OCH3 is 2. The molecule has 0 bridgehead atoms. The molecule has 4 nitrogen and oxygen atoms in total. The van der Waals surface area contributed by atoms with E-state index in [9.17, 15) is 5.11 Å². The van der Waals surface area contributed by atoms with Gasteiger partial charge in [-0.2, -0.15) is 0 Å². The number of rotatable bonds is 5. The van der Waals surface area contributed by atoms with Crippen LogP contribution < -0.4 is 15.2 Å². The zero-order valence-corrected chi connectivity index (χ0v) is 11.0. The Morgan fingerprint density at radius 1 is 1.22 bits per heavy atom. The average Bonchev–Trinajstić information content (AvgIpc) is 2.37. The van der Waals surface area contributed by atoms with Crippen molar-refractivity contribution >= 4 is 0 Å². The minimum Gasteiger partial charge on any atom is -0.497 e. The van der Waals surface area contributed by atoms with Crippen molar-refractivity contribution in [1.82, 2.24) is 0 Å². The molecule has 100 valence electrons. The second kappa shape index (κ2) is 5.16. The lowest BCUT2D eigenvalue weighted by atomic mass is 9.63. The molecule has 1 aromatic carbocycles. The van der Waals surface area contributed by atoms with Crippen molar-refractivity contribution in [2.24, 2.45) is 11.1 Å². The molecule has 1 unspecified atom stereocenters. The van der Waals surface area contributed by atoms with E-state index in [1.54, 1.807) is 20.3 Å². The van der Waals surface area contributed by atoms with E-state index in [4.69, 9.17) is 15.2 Å². The van der Waals surface area contributed by atoms with Gasteiger partial charge in [0.25, 0.3) is 0 Å². The van der Waals surface area contributed by atoms with E-state index >= 15 is 0 Å². The first-order valence-corrected chi connectivity index (χ1v) is 6.26. The lowest BCUT2D eigenvalue weighted by Gasteiger charge is -2.45. The Balaban J connectivity index is 2.31. The smallest absolute Gasteiger partial charge is 0.122 e. The Kier molecular flexibility index (Phi) is 3.78. The molecular weight excluding hydrogens is 230 g/mol. The van der Waals surface area contributed by atoms with Crippen LogP contribution >= 0.6 is 0 Å². The van der Waals surface area contributed by atoms with Crippen LogP contribution in [0.25, 0.3) is 0 Å². The summed E-state index contributed by atoms with van der Waals surface area (Å²) in [6, 6.07) is 5.50. The van der Waals surface area contributed by atoms with Gasteiger partial charge in [-0.1, -0.05) is 6.42 Å². The molecule has 0 amide bonds. The van der Waals surface area contributed by atoms with Crippen molar-refractivity contribution in [3.8, 4) is 11.5 Å². The highest BCUT2D eigenvalue weighted by Crippen LogP contribution is 2.50. The van der Waals surface area contributed by atoms with Crippen molar-refractivity contribution in [1.29, 1.82) is 0 Å². The predicted octanol–water partition coefficient (Wildman–Crippen LogP) is 1.87. The fourth-order valence-electron chi connectivity index (χ4n) is 2.56. The molecule has 0 aliphatic heterocycles. The summed E-state index contributed by atoms with van der Waals surface area (Å²) in [5.41, 5.74) is 6.47. The molecule has 1 aliphatic rings. The Hall–Kier alpha value is -1.26. The third-order valence-electron chi connectivity index (χ3n) is 4.03. The van der Waals surface area contributed by atoms with Gasteiger partial charge >= 0.3 is 0 Å². The predicted molar refractivity (Wildman–Crippen MR) is 69.8 cm³/mol. The summed E-state index contributed by atoms with van der Waals surface area (Å²) in [5.74, 6) is 1.38. The van der Waals surface area contributed by atoms with Gasteiger partial charge in [-0.3, -0.25) is 0 Å². The number of hydrogen-bond donors (Lipinski definition) is 2. The van der Waals surface area contributed by atoms with Gasteiger partial charge in [-0.05, 0) is 30.5 Å². The maximum absolute atomic E-state index is 10.5. The molecule has 18 heavy (non-hydrogen) atoms. The molecular formula is C14H21NO3. The molecule has 1 saturated carbocycles. The van der Waals surface area contributed by atoms with Crippen LogP contribution in [0.2, 0.25) is 0 Å². The van der Waals surface area contributed by atoms with Crippen LogP contribution in [0.1, 0.15) is 30.9 Å². The van der Waals surface area contributed by atoms with E-state index in [1.165, 1.54) is 0 Å². The molecule has 3 N–H and O–H groups in total. The van der Waals surface area contributed by atoms with Crippen LogP contribution in [-0.2, 0) is 0 Å².